The number of phenolic OH excluding ortho intramolecular Hbond substituents is 1. The van der Waals surface area contributed by atoms with E-state index in [4.69, 9.17) is 5.11 Å². The quantitative estimate of drug-likeness (QED) is 0.581. The van der Waals surface area contributed by atoms with E-state index in [-0.39, 0.29) is 5.56 Å². The lowest BCUT2D eigenvalue weighted by atomic mass is 10.2. The van der Waals surface area contributed by atoms with E-state index in [9.17, 15) is 32.3 Å². The van der Waals surface area contributed by atoms with Crippen molar-refractivity contribution in [3.05, 3.63) is 23.8 Å². The molecule has 0 saturated heterocycles. The molecule has 0 aromatic heterocycles. The first-order chi connectivity index (χ1) is 8.66. The number of aromatic hydroxyl groups is 1. The number of hydrogen-bond acceptors (Lipinski definition) is 3. The molecule has 0 spiro atoms. The van der Waals surface area contributed by atoms with E-state index >= 15 is 0 Å². The van der Waals surface area contributed by atoms with Gasteiger partial charge in [0.15, 0.2) is 0 Å². The van der Waals surface area contributed by atoms with E-state index in [2.05, 4.69) is 0 Å². The molecule has 0 saturated carbocycles. The normalized spacial score (nSPS) is 11.4. The van der Waals surface area contributed by atoms with E-state index in [1.807, 2.05) is 0 Å². The fraction of sp³-hybridized carbons (Fsp3) is 0.200. The number of phenols is 1. The van der Waals surface area contributed by atoms with Crippen LogP contribution in [-0.4, -0.2) is 34.4 Å². The summed E-state index contributed by atoms with van der Waals surface area (Å²) < 4.78 is 49.0. The summed E-state index contributed by atoms with van der Waals surface area (Å²) in [7, 11) is 0. The number of halogens is 4. The second-order valence-electron chi connectivity index (χ2n) is 3.41. The standard InChI is InChI=1S/C10H7F4NO4/c11-8(12)10(13,14)9(19)15-5-2-1-4(7(17)18)3-6(5)16/h1-3,8,16H,(H,15,19)(H,17,18). The molecule has 1 rings (SSSR count). The largest absolute Gasteiger partial charge is 0.506 e. The molecule has 0 aliphatic carbocycles. The molecule has 0 aliphatic rings. The minimum absolute atomic E-state index is 0.365. The summed E-state index contributed by atoms with van der Waals surface area (Å²) in [5, 5.41) is 19.2. The fourth-order valence-electron chi connectivity index (χ4n) is 1.08. The zero-order valence-electron chi connectivity index (χ0n) is 9.03. The molecular weight excluding hydrogens is 274 g/mol. The van der Waals surface area contributed by atoms with Gasteiger partial charge in [0.1, 0.15) is 5.75 Å². The zero-order valence-corrected chi connectivity index (χ0v) is 9.03. The Morgan fingerprint density at radius 3 is 2.26 bits per heavy atom. The van der Waals surface area contributed by atoms with Crippen LogP contribution >= 0.6 is 0 Å². The van der Waals surface area contributed by atoms with Crippen LogP contribution in [0.1, 0.15) is 10.4 Å². The number of amides is 1. The van der Waals surface area contributed by atoms with Gasteiger partial charge in [0.2, 0.25) is 0 Å². The Balaban J connectivity index is 2.95. The molecule has 0 fully saturated rings. The number of carboxylic acid groups (broad SMARTS) is 1. The van der Waals surface area contributed by atoms with Crippen molar-refractivity contribution in [1.82, 2.24) is 0 Å². The van der Waals surface area contributed by atoms with Crippen LogP contribution in [0.5, 0.6) is 5.75 Å². The van der Waals surface area contributed by atoms with Crippen LogP contribution < -0.4 is 5.32 Å². The van der Waals surface area contributed by atoms with Crippen molar-refractivity contribution >= 4 is 17.6 Å². The van der Waals surface area contributed by atoms with Gasteiger partial charge < -0.3 is 15.5 Å². The van der Waals surface area contributed by atoms with Gasteiger partial charge in [-0.1, -0.05) is 0 Å². The lowest BCUT2D eigenvalue weighted by Gasteiger charge is -2.15. The molecule has 0 radical (unpaired) electrons. The molecule has 5 nitrogen and oxygen atoms in total. The molecule has 0 bridgehead atoms. The van der Waals surface area contributed by atoms with E-state index in [0.717, 1.165) is 12.1 Å². The molecule has 1 amide bonds. The summed E-state index contributed by atoms with van der Waals surface area (Å²) in [6.45, 7) is 0. The average molecular weight is 281 g/mol. The highest BCUT2D eigenvalue weighted by Crippen LogP contribution is 2.28. The minimum Gasteiger partial charge on any atom is -0.506 e. The van der Waals surface area contributed by atoms with E-state index in [1.165, 1.54) is 5.32 Å². The van der Waals surface area contributed by atoms with Gasteiger partial charge in [0.25, 0.3) is 0 Å². The Morgan fingerprint density at radius 2 is 1.84 bits per heavy atom. The Labute approximate surface area is 103 Å². The van der Waals surface area contributed by atoms with Gasteiger partial charge in [-0.25, -0.2) is 13.6 Å². The highest BCUT2D eigenvalue weighted by molar-refractivity contribution is 5.98. The Kier molecular flexibility index (Phi) is 3.98. The van der Waals surface area contributed by atoms with E-state index in [0.29, 0.717) is 6.07 Å². The zero-order chi connectivity index (χ0) is 14.8. The maximum atomic E-state index is 12.6. The highest BCUT2D eigenvalue weighted by atomic mass is 19.3. The molecule has 0 atom stereocenters. The molecule has 104 valence electrons. The second kappa shape index (κ2) is 5.12. The van der Waals surface area contributed by atoms with Crippen molar-refractivity contribution < 1.29 is 37.4 Å². The van der Waals surface area contributed by atoms with Crippen molar-refractivity contribution in [1.29, 1.82) is 0 Å². The van der Waals surface area contributed by atoms with Crippen LogP contribution in [0, 0.1) is 0 Å². The summed E-state index contributed by atoms with van der Waals surface area (Å²) >= 11 is 0. The highest BCUT2D eigenvalue weighted by Gasteiger charge is 2.49. The lowest BCUT2D eigenvalue weighted by Crippen LogP contribution is -2.41. The number of alkyl halides is 4. The number of nitrogens with one attached hydrogen (secondary N) is 1. The predicted octanol–water partition coefficient (Wildman–Crippen LogP) is 1.93. The smallest absolute Gasteiger partial charge is 0.383 e. The number of anilines is 1. The van der Waals surface area contributed by atoms with Crippen molar-refractivity contribution in [2.24, 2.45) is 0 Å². The number of aromatic carboxylic acids is 1. The molecule has 3 N–H and O–H groups in total. The van der Waals surface area contributed by atoms with Crippen LogP contribution in [0.4, 0.5) is 23.2 Å². The molecule has 9 heteroatoms. The summed E-state index contributed by atoms with van der Waals surface area (Å²) in [5.74, 6) is -9.46. The molecular formula is C10H7F4NO4. The Hall–Kier alpha value is -2.32. The lowest BCUT2D eigenvalue weighted by molar-refractivity contribution is -0.163. The van der Waals surface area contributed by atoms with Gasteiger partial charge in [-0.05, 0) is 18.2 Å². The third-order valence-electron chi connectivity index (χ3n) is 2.07. The van der Waals surface area contributed by atoms with Gasteiger partial charge in [-0.3, -0.25) is 4.79 Å². The molecule has 0 unspecified atom stereocenters. The number of benzene rings is 1. The molecule has 0 aliphatic heterocycles. The SMILES string of the molecule is O=C(O)c1ccc(NC(=O)C(F)(F)C(F)F)c(O)c1. The molecule has 19 heavy (non-hydrogen) atoms. The van der Waals surface area contributed by atoms with Crippen LogP contribution in [-0.2, 0) is 4.79 Å². The van der Waals surface area contributed by atoms with Crippen molar-refractivity contribution in [2.75, 3.05) is 5.32 Å². The van der Waals surface area contributed by atoms with Crippen molar-refractivity contribution in [3.63, 3.8) is 0 Å². The number of carbonyl (C=O) groups is 2. The molecule has 1 aromatic rings. The first-order valence-corrected chi connectivity index (χ1v) is 4.70. The second-order valence-corrected chi connectivity index (χ2v) is 3.41. The number of rotatable bonds is 4. The third-order valence-corrected chi connectivity index (χ3v) is 2.07. The Morgan fingerprint density at radius 1 is 1.26 bits per heavy atom. The van der Waals surface area contributed by atoms with Gasteiger partial charge in [0, 0.05) is 0 Å². The van der Waals surface area contributed by atoms with Gasteiger partial charge in [-0.15, -0.1) is 0 Å². The summed E-state index contributed by atoms with van der Waals surface area (Å²) in [6.07, 6.45) is -4.20. The van der Waals surface area contributed by atoms with Crippen LogP contribution in [0.3, 0.4) is 0 Å². The maximum absolute atomic E-state index is 12.6. The van der Waals surface area contributed by atoms with Crippen LogP contribution in [0.2, 0.25) is 0 Å². The topological polar surface area (TPSA) is 86.6 Å². The minimum atomic E-state index is -4.92. The summed E-state index contributed by atoms with van der Waals surface area (Å²) in [6, 6.07) is 2.38. The molecule has 0 heterocycles. The van der Waals surface area contributed by atoms with Crippen LogP contribution in [0.15, 0.2) is 18.2 Å². The summed E-state index contributed by atoms with van der Waals surface area (Å²) in [4.78, 5) is 21.4. The van der Waals surface area contributed by atoms with Gasteiger partial charge >= 0.3 is 24.2 Å². The van der Waals surface area contributed by atoms with Crippen LogP contribution in [0.25, 0.3) is 0 Å². The summed E-state index contributed by atoms with van der Waals surface area (Å²) in [5.41, 5.74) is -0.966. The first kappa shape index (κ1) is 14.7. The van der Waals surface area contributed by atoms with E-state index in [1.54, 1.807) is 0 Å². The third kappa shape index (κ3) is 3.12. The monoisotopic (exact) mass is 281 g/mol. The van der Waals surface area contributed by atoms with Crippen molar-refractivity contribution in [2.45, 2.75) is 12.3 Å². The maximum Gasteiger partial charge on any atom is 0.383 e. The van der Waals surface area contributed by atoms with E-state index < -0.39 is 35.7 Å². The number of carbonyl (C=O) groups excluding carboxylic acids is 1. The first-order valence-electron chi connectivity index (χ1n) is 4.70. The van der Waals surface area contributed by atoms with Gasteiger partial charge in [-0.2, -0.15) is 8.78 Å². The fourth-order valence-corrected chi connectivity index (χ4v) is 1.08. The van der Waals surface area contributed by atoms with Crippen molar-refractivity contribution in [3.8, 4) is 5.75 Å². The Bertz CT molecular complexity index is 518. The molecule has 1 aromatic carbocycles. The number of carboxylic acids is 1. The average Bonchev–Trinajstić information content (AvgIpc) is 2.30. The van der Waals surface area contributed by atoms with Gasteiger partial charge in [0.05, 0.1) is 11.3 Å². The predicted molar refractivity (Wildman–Crippen MR) is 54.6 cm³/mol. The number of hydrogen-bond donors (Lipinski definition) is 3.